The van der Waals surface area contributed by atoms with Crippen LogP contribution in [0.15, 0.2) is 47.4 Å². The van der Waals surface area contributed by atoms with E-state index in [9.17, 15) is 18.1 Å². The van der Waals surface area contributed by atoms with Crippen molar-refractivity contribution in [3.05, 3.63) is 48.0 Å². The number of phenolic OH excluding ortho intramolecular Hbond substituents is 1. The Kier molecular flexibility index (Phi) is 9.48. The Hall–Kier alpha value is -2.05. The molecule has 2 rings (SSSR count). The van der Waals surface area contributed by atoms with Crippen LogP contribution in [-0.4, -0.2) is 18.1 Å². The first-order chi connectivity index (χ1) is 13.9. The zero-order valence-electron chi connectivity index (χ0n) is 17.1. The Balaban J connectivity index is 2.01. The lowest BCUT2D eigenvalue weighted by atomic mass is 10.0. The lowest BCUT2D eigenvalue weighted by Crippen LogP contribution is -2.06. The quantitative estimate of drug-likeness (QED) is 0.285. The molecule has 0 aliphatic carbocycles. The van der Waals surface area contributed by atoms with Crippen LogP contribution in [-0.2, 0) is 16.5 Å². The number of phenols is 1. The van der Waals surface area contributed by atoms with Gasteiger partial charge in [0.05, 0.1) is 0 Å². The van der Waals surface area contributed by atoms with Crippen LogP contribution >= 0.6 is 0 Å². The van der Waals surface area contributed by atoms with Gasteiger partial charge in [0.25, 0.3) is 10.1 Å². The highest BCUT2D eigenvalue weighted by molar-refractivity contribution is 7.86. The largest absolute Gasteiger partial charge is 0.508 e. The molecule has 5 nitrogen and oxygen atoms in total. The lowest BCUT2D eigenvalue weighted by Gasteiger charge is -2.14. The number of aromatic hydroxyl groups is 1. The van der Waals surface area contributed by atoms with Gasteiger partial charge >= 0.3 is 0 Å². The molecule has 0 amide bonds. The average molecular weight is 421 g/mol. The van der Waals surface area contributed by atoms with E-state index >= 15 is 0 Å². The fourth-order valence-corrected chi connectivity index (χ4v) is 4.29. The summed E-state index contributed by atoms with van der Waals surface area (Å²) >= 11 is 0. The molecule has 2 aromatic rings. The SMILES string of the molecule is CCCCCCCCCCCc1cc(O)cc(Oc2ccccc2)c1S(=O)(=O)O. The van der Waals surface area contributed by atoms with E-state index in [4.69, 9.17) is 4.74 Å². The molecule has 2 aromatic carbocycles. The van der Waals surface area contributed by atoms with Gasteiger partial charge in [-0.3, -0.25) is 4.55 Å². The summed E-state index contributed by atoms with van der Waals surface area (Å²) in [5, 5.41) is 10.0. The van der Waals surface area contributed by atoms with Crippen molar-refractivity contribution in [2.75, 3.05) is 0 Å². The molecule has 0 aromatic heterocycles. The third kappa shape index (κ3) is 8.07. The summed E-state index contributed by atoms with van der Waals surface area (Å²) in [6.45, 7) is 2.21. The van der Waals surface area contributed by atoms with E-state index in [1.165, 1.54) is 50.7 Å². The van der Waals surface area contributed by atoms with Crippen molar-refractivity contribution in [2.45, 2.75) is 76.0 Å². The van der Waals surface area contributed by atoms with E-state index in [1.54, 1.807) is 24.3 Å². The highest BCUT2D eigenvalue weighted by Gasteiger charge is 2.23. The number of aryl methyl sites for hydroxylation is 1. The minimum Gasteiger partial charge on any atom is -0.508 e. The number of ether oxygens (including phenoxy) is 1. The molecule has 29 heavy (non-hydrogen) atoms. The Morgan fingerprint density at radius 1 is 0.862 bits per heavy atom. The molecular weight excluding hydrogens is 388 g/mol. The van der Waals surface area contributed by atoms with Crippen LogP contribution in [0.2, 0.25) is 0 Å². The molecule has 6 heteroatoms. The number of unbranched alkanes of at least 4 members (excludes halogenated alkanes) is 8. The second kappa shape index (κ2) is 11.8. The molecule has 0 aliphatic rings. The number of rotatable bonds is 13. The smallest absolute Gasteiger partial charge is 0.298 e. The number of hydrogen-bond donors (Lipinski definition) is 2. The zero-order chi connectivity index (χ0) is 21.1. The summed E-state index contributed by atoms with van der Waals surface area (Å²) in [5.74, 6) is 0.274. The van der Waals surface area contributed by atoms with E-state index in [1.807, 2.05) is 6.07 Å². The fraction of sp³-hybridized carbons (Fsp3) is 0.478. The molecule has 0 spiro atoms. The Morgan fingerprint density at radius 3 is 2.03 bits per heavy atom. The molecule has 0 heterocycles. The maximum atomic E-state index is 12.0. The minimum atomic E-state index is -4.50. The van der Waals surface area contributed by atoms with Gasteiger partial charge < -0.3 is 9.84 Å². The van der Waals surface area contributed by atoms with Gasteiger partial charge in [0.2, 0.25) is 0 Å². The van der Waals surface area contributed by atoms with Gasteiger partial charge in [-0.1, -0.05) is 76.5 Å². The van der Waals surface area contributed by atoms with E-state index in [-0.39, 0.29) is 16.4 Å². The second-order valence-corrected chi connectivity index (χ2v) is 8.76. The van der Waals surface area contributed by atoms with Gasteiger partial charge in [-0.05, 0) is 36.6 Å². The monoisotopic (exact) mass is 420 g/mol. The van der Waals surface area contributed by atoms with E-state index < -0.39 is 10.1 Å². The molecule has 0 atom stereocenters. The summed E-state index contributed by atoms with van der Waals surface area (Å²) in [6, 6.07) is 11.3. The predicted octanol–water partition coefficient (Wildman–Crippen LogP) is 6.50. The van der Waals surface area contributed by atoms with E-state index in [0.29, 0.717) is 17.7 Å². The van der Waals surface area contributed by atoms with Gasteiger partial charge in [-0.15, -0.1) is 0 Å². The van der Waals surface area contributed by atoms with Crippen molar-refractivity contribution in [3.8, 4) is 17.2 Å². The number of hydrogen-bond acceptors (Lipinski definition) is 4. The first kappa shape index (κ1) is 23.2. The maximum Gasteiger partial charge on any atom is 0.298 e. The van der Waals surface area contributed by atoms with Crippen LogP contribution in [0, 0.1) is 0 Å². The van der Waals surface area contributed by atoms with E-state index in [0.717, 1.165) is 19.3 Å². The topological polar surface area (TPSA) is 83.8 Å². The molecule has 0 bridgehead atoms. The van der Waals surface area contributed by atoms with Crippen LogP contribution in [0.4, 0.5) is 0 Å². The first-order valence-electron chi connectivity index (χ1n) is 10.5. The van der Waals surface area contributed by atoms with Crippen LogP contribution in [0.1, 0.15) is 70.3 Å². The summed E-state index contributed by atoms with van der Waals surface area (Å²) in [5.41, 5.74) is 0.376. The second-order valence-electron chi connectivity index (χ2n) is 7.40. The fourth-order valence-electron chi connectivity index (χ4n) is 3.44. The molecule has 160 valence electrons. The molecular formula is C23H32O5S. The van der Waals surface area contributed by atoms with Crippen molar-refractivity contribution in [1.29, 1.82) is 0 Å². The molecule has 0 aliphatic heterocycles. The van der Waals surface area contributed by atoms with Crippen molar-refractivity contribution in [3.63, 3.8) is 0 Å². The summed E-state index contributed by atoms with van der Waals surface area (Å²) < 4.78 is 39.5. The highest BCUT2D eigenvalue weighted by Crippen LogP contribution is 2.36. The lowest BCUT2D eigenvalue weighted by molar-refractivity contribution is 0.434. The van der Waals surface area contributed by atoms with Gasteiger partial charge in [0.1, 0.15) is 16.4 Å². The summed E-state index contributed by atoms with van der Waals surface area (Å²) in [6.07, 6.45) is 10.8. The maximum absolute atomic E-state index is 12.0. The highest BCUT2D eigenvalue weighted by atomic mass is 32.2. The summed E-state index contributed by atoms with van der Waals surface area (Å²) in [7, 11) is -4.50. The van der Waals surface area contributed by atoms with Crippen molar-refractivity contribution in [2.24, 2.45) is 0 Å². The molecule has 0 unspecified atom stereocenters. The molecule has 0 saturated heterocycles. The predicted molar refractivity (Wildman–Crippen MR) is 115 cm³/mol. The standard InChI is InChI=1S/C23H32O5S/c1-2-3-4-5-6-7-8-9-11-14-19-17-20(24)18-22(23(19)29(25,26)27)28-21-15-12-10-13-16-21/h10,12-13,15-18,24H,2-9,11,14H2,1H3,(H,25,26,27). The minimum absolute atomic E-state index is 0.0652. The van der Waals surface area contributed by atoms with Crippen molar-refractivity contribution in [1.82, 2.24) is 0 Å². The summed E-state index contributed by atoms with van der Waals surface area (Å²) in [4.78, 5) is -0.265. The Bertz CT molecular complexity index is 847. The molecule has 2 N–H and O–H groups in total. The van der Waals surface area contributed by atoms with Crippen molar-refractivity contribution < 1.29 is 22.8 Å². The Labute approximate surface area is 174 Å². The third-order valence-corrected chi connectivity index (χ3v) is 5.87. The Morgan fingerprint density at radius 2 is 1.45 bits per heavy atom. The molecule has 0 fully saturated rings. The van der Waals surface area contributed by atoms with Gasteiger partial charge in [0.15, 0.2) is 5.75 Å². The molecule has 0 saturated carbocycles. The molecule has 0 radical (unpaired) electrons. The third-order valence-electron chi connectivity index (χ3n) is 4.90. The normalized spacial score (nSPS) is 11.5. The van der Waals surface area contributed by atoms with Crippen molar-refractivity contribution >= 4 is 10.1 Å². The first-order valence-corrected chi connectivity index (χ1v) is 11.9. The van der Waals surface area contributed by atoms with Crippen LogP contribution < -0.4 is 4.74 Å². The van der Waals surface area contributed by atoms with E-state index in [2.05, 4.69) is 6.92 Å². The van der Waals surface area contributed by atoms with Crippen LogP contribution in [0.5, 0.6) is 17.2 Å². The number of para-hydroxylation sites is 1. The van der Waals surface area contributed by atoms with Crippen LogP contribution in [0.25, 0.3) is 0 Å². The average Bonchev–Trinajstić information content (AvgIpc) is 2.66. The van der Waals surface area contributed by atoms with Gasteiger partial charge in [0, 0.05) is 6.07 Å². The zero-order valence-corrected chi connectivity index (χ0v) is 18.0. The van der Waals surface area contributed by atoms with Gasteiger partial charge in [-0.25, -0.2) is 0 Å². The van der Waals surface area contributed by atoms with Gasteiger partial charge in [-0.2, -0.15) is 8.42 Å². The number of benzene rings is 2. The van der Waals surface area contributed by atoms with Crippen LogP contribution in [0.3, 0.4) is 0 Å².